The number of carbonyl (C=O) groups is 1. The van der Waals surface area contributed by atoms with Gasteiger partial charge in [-0.15, -0.1) is 0 Å². The lowest BCUT2D eigenvalue weighted by Gasteiger charge is -2.37. The third-order valence-corrected chi connectivity index (χ3v) is 7.68. The average molecular weight is 263 g/mol. The van der Waals surface area contributed by atoms with Gasteiger partial charge in [-0.3, -0.25) is 0 Å². The van der Waals surface area contributed by atoms with Gasteiger partial charge in [-0.25, -0.2) is 4.79 Å². The SMILES string of the molecule is COC(=O)N[C@H](CO)CO[Si](C)(C)C(C)(C)C. The molecule has 1 atom stereocenters. The molecule has 102 valence electrons. The minimum atomic E-state index is -1.85. The molecule has 2 N–H and O–H groups in total. The van der Waals surface area contributed by atoms with Crippen molar-refractivity contribution < 1.29 is 19.1 Å². The Kier molecular flexibility index (Phi) is 6.15. The minimum Gasteiger partial charge on any atom is -0.453 e. The van der Waals surface area contributed by atoms with Crippen LogP contribution in [0.25, 0.3) is 0 Å². The molecule has 1 amide bonds. The van der Waals surface area contributed by atoms with E-state index in [1.807, 2.05) is 0 Å². The number of aliphatic hydroxyl groups is 1. The van der Waals surface area contributed by atoms with E-state index in [9.17, 15) is 4.79 Å². The van der Waals surface area contributed by atoms with Crippen molar-refractivity contribution in [2.45, 2.75) is 44.9 Å². The fourth-order valence-electron chi connectivity index (χ4n) is 0.891. The molecule has 0 spiro atoms. The van der Waals surface area contributed by atoms with Gasteiger partial charge >= 0.3 is 6.09 Å². The van der Waals surface area contributed by atoms with Crippen LogP contribution < -0.4 is 5.32 Å². The molecule has 0 aromatic rings. The van der Waals surface area contributed by atoms with Crippen LogP contribution in [0.1, 0.15) is 20.8 Å². The quantitative estimate of drug-likeness (QED) is 0.741. The fourth-order valence-corrected chi connectivity index (χ4v) is 1.94. The summed E-state index contributed by atoms with van der Waals surface area (Å²) in [6, 6.07) is -0.420. The maximum absolute atomic E-state index is 11.0. The molecule has 0 rings (SSSR count). The summed E-state index contributed by atoms with van der Waals surface area (Å²) in [4.78, 5) is 11.0. The zero-order valence-corrected chi connectivity index (χ0v) is 12.7. The van der Waals surface area contributed by atoms with Crippen LogP contribution in [0, 0.1) is 0 Å². The van der Waals surface area contributed by atoms with E-state index in [0.717, 1.165) is 0 Å². The third-order valence-electron chi connectivity index (χ3n) is 3.18. The first-order valence-corrected chi connectivity index (χ1v) is 8.64. The number of nitrogens with one attached hydrogen (secondary N) is 1. The third kappa shape index (κ3) is 5.52. The van der Waals surface area contributed by atoms with E-state index in [1.54, 1.807) is 0 Å². The smallest absolute Gasteiger partial charge is 0.407 e. The highest BCUT2D eigenvalue weighted by Gasteiger charge is 2.37. The number of aliphatic hydroxyl groups excluding tert-OH is 1. The van der Waals surface area contributed by atoms with Crippen LogP contribution in [0.5, 0.6) is 0 Å². The van der Waals surface area contributed by atoms with Crippen molar-refractivity contribution in [2.75, 3.05) is 20.3 Å². The standard InChI is InChI=1S/C11H25NO4Si/c1-11(2,3)17(5,6)16-8-9(7-13)12-10(14)15-4/h9,13H,7-8H2,1-6H3,(H,12,14)/t9-/m1/s1. The molecule has 0 bridgehead atoms. The molecular weight excluding hydrogens is 238 g/mol. The Labute approximate surface area is 105 Å². The van der Waals surface area contributed by atoms with Crippen molar-refractivity contribution in [3.05, 3.63) is 0 Å². The molecule has 0 aliphatic heterocycles. The molecule has 0 fully saturated rings. The molecule has 17 heavy (non-hydrogen) atoms. The summed E-state index contributed by atoms with van der Waals surface area (Å²) in [6.45, 7) is 10.8. The summed E-state index contributed by atoms with van der Waals surface area (Å²) >= 11 is 0. The van der Waals surface area contributed by atoms with Gasteiger partial charge in [-0.1, -0.05) is 20.8 Å². The van der Waals surface area contributed by atoms with Gasteiger partial charge in [0.1, 0.15) is 0 Å². The zero-order valence-electron chi connectivity index (χ0n) is 11.7. The van der Waals surface area contributed by atoms with Crippen LogP contribution in [0.4, 0.5) is 4.79 Å². The van der Waals surface area contributed by atoms with Gasteiger partial charge in [-0.05, 0) is 18.1 Å². The van der Waals surface area contributed by atoms with Crippen molar-refractivity contribution in [2.24, 2.45) is 0 Å². The van der Waals surface area contributed by atoms with Crippen LogP contribution in [-0.2, 0) is 9.16 Å². The molecule has 0 aliphatic carbocycles. The number of rotatable bonds is 5. The number of carbonyl (C=O) groups excluding carboxylic acids is 1. The summed E-state index contributed by atoms with van der Waals surface area (Å²) in [5, 5.41) is 11.8. The predicted molar refractivity (Wildman–Crippen MR) is 69.6 cm³/mol. The normalized spacial score (nSPS) is 14.3. The highest BCUT2D eigenvalue weighted by atomic mass is 28.4. The predicted octanol–water partition coefficient (Wildman–Crippen LogP) is 1.73. The van der Waals surface area contributed by atoms with Gasteiger partial charge < -0.3 is 19.6 Å². The Morgan fingerprint density at radius 1 is 1.41 bits per heavy atom. The van der Waals surface area contributed by atoms with Gasteiger partial charge in [0.2, 0.25) is 0 Å². The van der Waals surface area contributed by atoms with Crippen molar-refractivity contribution in [3.63, 3.8) is 0 Å². The second kappa shape index (κ2) is 6.37. The van der Waals surface area contributed by atoms with Crippen LogP contribution in [0.15, 0.2) is 0 Å². The van der Waals surface area contributed by atoms with Crippen LogP contribution >= 0.6 is 0 Å². The Balaban J connectivity index is 4.28. The van der Waals surface area contributed by atoms with Crippen LogP contribution in [0.2, 0.25) is 18.1 Å². The first kappa shape index (κ1) is 16.4. The summed E-state index contributed by atoms with van der Waals surface area (Å²) < 4.78 is 10.4. The maximum Gasteiger partial charge on any atom is 0.407 e. The second-order valence-electron chi connectivity index (χ2n) is 5.59. The van der Waals surface area contributed by atoms with Gasteiger partial charge in [-0.2, -0.15) is 0 Å². The Hall–Kier alpha value is -0.593. The second-order valence-corrected chi connectivity index (χ2v) is 10.4. The number of methoxy groups -OCH3 is 1. The first-order valence-electron chi connectivity index (χ1n) is 5.73. The molecule has 0 saturated carbocycles. The minimum absolute atomic E-state index is 0.109. The number of hydrogen-bond donors (Lipinski definition) is 2. The molecule has 0 aromatic carbocycles. The van der Waals surface area contributed by atoms with Crippen molar-refractivity contribution in [3.8, 4) is 0 Å². The molecule has 0 saturated heterocycles. The van der Waals surface area contributed by atoms with Gasteiger partial charge in [0, 0.05) is 0 Å². The molecule has 0 aromatic heterocycles. The zero-order chi connectivity index (χ0) is 13.7. The average Bonchev–Trinajstić information content (AvgIpc) is 2.22. The number of hydrogen-bond acceptors (Lipinski definition) is 4. The molecule has 6 heteroatoms. The van der Waals surface area contributed by atoms with Crippen LogP contribution in [0.3, 0.4) is 0 Å². The van der Waals surface area contributed by atoms with E-state index >= 15 is 0 Å². The van der Waals surface area contributed by atoms with E-state index in [-0.39, 0.29) is 11.6 Å². The molecule has 5 nitrogen and oxygen atoms in total. The number of ether oxygens (including phenoxy) is 1. The molecular formula is C11H25NO4Si. The van der Waals surface area contributed by atoms with E-state index in [1.165, 1.54) is 7.11 Å². The maximum atomic E-state index is 11.0. The monoisotopic (exact) mass is 263 g/mol. The molecule has 0 aliphatic rings. The molecule has 0 radical (unpaired) electrons. The summed E-state index contributed by atoms with van der Waals surface area (Å²) in [5.74, 6) is 0. The Bertz CT molecular complexity index is 250. The van der Waals surface area contributed by atoms with E-state index < -0.39 is 20.5 Å². The lowest BCUT2D eigenvalue weighted by Crippen LogP contribution is -2.47. The summed E-state index contributed by atoms with van der Waals surface area (Å²) in [7, 11) is -0.558. The highest BCUT2D eigenvalue weighted by Crippen LogP contribution is 2.36. The van der Waals surface area contributed by atoms with E-state index in [2.05, 4.69) is 43.9 Å². The van der Waals surface area contributed by atoms with Crippen molar-refractivity contribution >= 4 is 14.4 Å². The number of alkyl carbamates (subject to hydrolysis) is 1. The van der Waals surface area contributed by atoms with Gasteiger partial charge in [0.25, 0.3) is 0 Å². The number of amides is 1. The van der Waals surface area contributed by atoms with Crippen LogP contribution in [-0.4, -0.2) is 45.9 Å². The summed E-state index contributed by atoms with van der Waals surface area (Å²) in [5.41, 5.74) is 0. The Morgan fingerprint density at radius 3 is 2.29 bits per heavy atom. The van der Waals surface area contributed by atoms with Crippen molar-refractivity contribution in [1.82, 2.24) is 5.32 Å². The van der Waals surface area contributed by atoms with E-state index in [0.29, 0.717) is 6.61 Å². The van der Waals surface area contributed by atoms with Crippen molar-refractivity contribution in [1.29, 1.82) is 0 Å². The van der Waals surface area contributed by atoms with Gasteiger partial charge in [0.15, 0.2) is 8.32 Å². The topological polar surface area (TPSA) is 67.8 Å². The lowest BCUT2D eigenvalue weighted by molar-refractivity contribution is 0.139. The Morgan fingerprint density at radius 2 is 1.94 bits per heavy atom. The molecule has 0 heterocycles. The molecule has 0 unspecified atom stereocenters. The first-order chi connectivity index (χ1) is 7.64. The fraction of sp³-hybridized carbons (Fsp3) is 0.909. The highest BCUT2D eigenvalue weighted by molar-refractivity contribution is 6.74. The lowest BCUT2D eigenvalue weighted by atomic mass is 10.2. The van der Waals surface area contributed by atoms with E-state index in [4.69, 9.17) is 9.53 Å². The largest absolute Gasteiger partial charge is 0.453 e. The van der Waals surface area contributed by atoms with Gasteiger partial charge in [0.05, 0.1) is 26.4 Å². The summed E-state index contributed by atoms with van der Waals surface area (Å²) in [6.07, 6.45) is -0.553.